The Hall–Kier alpha value is -3.20. The minimum Gasteiger partial charge on any atom is -0.460 e. The molecule has 0 unspecified atom stereocenters. The van der Waals surface area contributed by atoms with E-state index < -0.39 is 11.9 Å². The molecule has 0 spiro atoms. The molecule has 0 saturated carbocycles. The van der Waals surface area contributed by atoms with Gasteiger partial charge in [0.25, 0.3) is 0 Å². The third-order valence-electron chi connectivity index (χ3n) is 4.29. The first-order valence-corrected chi connectivity index (χ1v) is 9.68. The molecule has 4 rings (SSSR count). The zero-order chi connectivity index (χ0) is 20.4. The van der Waals surface area contributed by atoms with Crippen molar-refractivity contribution in [2.24, 2.45) is 0 Å². The first-order chi connectivity index (χ1) is 14.1. The van der Waals surface area contributed by atoms with Crippen molar-refractivity contribution in [2.45, 2.75) is 20.1 Å². The molecule has 0 bridgehead atoms. The van der Waals surface area contributed by atoms with Gasteiger partial charge in [0, 0.05) is 9.86 Å². The summed E-state index contributed by atoms with van der Waals surface area (Å²) in [4.78, 5) is 24.7. The number of hydrogen-bond donors (Lipinski definition) is 0. The molecule has 2 heterocycles. The maximum atomic E-state index is 12.4. The van der Waals surface area contributed by atoms with E-state index in [1.165, 1.54) is 4.68 Å². The monoisotopic (exact) mass is 457 g/mol. The highest BCUT2D eigenvalue weighted by atomic mass is 79.9. The lowest BCUT2D eigenvalue weighted by Crippen LogP contribution is -2.15. The second-order valence-electron chi connectivity index (χ2n) is 6.17. The van der Waals surface area contributed by atoms with E-state index in [0.717, 1.165) is 9.99 Å². The van der Waals surface area contributed by atoms with Crippen molar-refractivity contribution in [3.05, 3.63) is 58.3 Å². The Morgan fingerprint density at radius 3 is 2.83 bits per heavy atom. The van der Waals surface area contributed by atoms with Crippen LogP contribution in [-0.4, -0.2) is 33.5 Å². The molecule has 0 radical (unpaired) electrons. The van der Waals surface area contributed by atoms with Crippen molar-refractivity contribution in [1.82, 2.24) is 15.0 Å². The average molecular weight is 458 g/mol. The number of esters is 2. The molecule has 8 nitrogen and oxygen atoms in total. The van der Waals surface area contributed by atoms with Crippen molar-refractivity contribution in [3.8, 4) is 0 Å². The van der Waals surface area contributed by atoms with E-state index in [-0.39, 0.29) is 25.5 Å². The van der Waals surface area contributed by atoms with E-state index in [2.05, 4.69) is 26.2 Å². The summed E-state index contributed by atoms with van der Waals surface area (Å²) in [6.07, 6.45) is 0. The number of furan rings is 1. The highest BCUT2D eigenvalue weighted by Gasteiger charge is 2.23. The fraction of sp³-hybridized carbons (Fsp3) is 0.200. The topological polar surface area (TPSA) is 96.5 Å². The molecule has 0 N–H and O–H groups in total. The fourth-order valence-electron chi connectivity index (χ4n) is 2.98. The maximum absolute atomic E-state index is 12.4. The Labute approximate surface area is 173 Å². The van der Waals surface area contributed by atoms with Crippen LogP contribution in [0.25, 0.3) is 22.0 Å². The summed E-state index contributed by atoms with van der Waals surface area (Å²) in [5, 5.41) is 8.66. The van der Waals surface area contributed by atoms with Gasteiger partial charge >= 0.3 is 11.9 Å². The normalized spacial score (nSPS) is 11.1. The van der Waals surface area contributed by atoms with Crippen LogP contribution in [0.1, 0.15) is 23.0 Å². The minimum atomic E-state index is -0.604. The molecule has 2 aromatic carbocycles. The number of ether oxygens (including phenoxy) is 2. The molecule has 0 saturated heterocycles. The summed E-state index contributed by atoms with van der Waals surface area (Å²) in [5.41, 5.74) is 2.38. The Bertz CT molecular complexity index is 1210. The third kappa shape index (κ3) is 3.86. The van der Waals surface area contributed by atoms with Gasteiger partial charge in [-0.2, -0.15) is 0 Å². The molecular weight excluding hydrogens is 442 g/mol. The maximum Gasteiger partial charge on any atom is 0.374 e. The van der Waals surface area contributed by atoms with Crippen LogP contribution < -0.4 is 0 Å². The average Bonchev–Trinajstić information content (AvgIpc) is 3.28. The van der Waals surface area contributed by atoms with Gasteiger partial charge in [0.1, 0.15) is 24.3 Å². The zero-order valence-corrected chi connectivity index (χ0v) is 17.0. The molecule has 0 atom stereocenters. The van der Waals surface area contributed by atoms with Crippen LogP contribution in [-0.2, 0) is 27.4 Å². The molecule has 29 heavy (non-hydrogen) atoms. The molecule has 4 aromatic rings. The number of aromatic nitrogens is 3. The predicted molar refractivity (Wildman–Crippen MR) is 107 cm³/mol. The summed E-state index contributed by atoms with van der Waals surface area (Å²) in [6.45, 7) is 1.68. The second kappa shape index (κ2) is 8.04. The van der Waals surface area contributed by atoms with Crippen molar-refractivity contribution in [3.63, 3.8) is 0 Å². The number of halogens is 1. The number of nitrogens with zero attached hydrogens (tertiary/aromatic N) is 3. The summed E-state index contributed by atoms with van der Waals surface area (Å²) in [6, 6.07) is 12.7. The minimum absolute atomic E-state index is 0.0268. The van der Waals surface area contributed by atoms with Gasteiger partial charge in [0.15, 0.2) is 0 Å². The number of fused-ring (bicyclic) bond motifs is 2. The van der Waals surface area contributed by atoms with Gasteiger partial charge in [-0.3, -0.25) is 4.79 Å². The van der Waals surface area contributed by atoms with Crippen molar-refractivity contribution in [2.75, 3.05) is 6.61 Å². The van der Waals surface area contributed by atoms with E-state index in [9.17, 15) is 9.59 Å². The third-order valence-corrected chi connectivity index (χ3v) is 4.78. The molecule has 0 amide bonds. The van der Waals surface area contributed by atoms with Crippen molar-refractivity contribution in [1.29, 1.82) is 0 Å². The van der Waals surface area contributed by atoms with Crippen molar-refractivity contribution < 1.29 is 23.5 Å². The van der Waals surface area contributed by atoms with Gasteiger partial charge in [-0.1, -0.05) is 33.3 Å². The van der Waals surface area contributed by atoms with Crippen LogP contribution in [0.3, 0.4) is 0 Å². The number of para-hydroxylation sites is 1. The van der Waals surface area contributed by atoms with E-state index in [0.29, 0.717) is 22.0 Å². The molecule has 148 valence electrons. The first kappa shape index (κ1) is 19.1. The Kier molecular flexibility index (Phi) is 5.30. The molecular formula is C20H16BrN3O5. The van der Waals surface area contributed by atoms with Crippen LogP contribution in [0.2, 0.25) is 0 Å². The van der Waals surface area contributed by atoms with Gasteiger partial charge in [0.05, 0.1) is 17.7 Å². The molecule has 0 aliphatic heterocycles. The van der Waals surface area contributed by atoms with Crippen LogP contribution in [0, 0.1) is 0 Å². The van der Waals surface area contributed by atoms with Gasteiger partial charge < -0.3 is 13.9 Å². The lowest BCUT2D eigenvalue weighted by molar-refractivity contribution is -0.145. The zero-order valence-electron chi connectivity index (χ0n) is 15.4. The van der Waals surface area contributed by atoms with E-state index >= 15 is 0 Å². The van der Waals surface area contributed by atoms with Crippen LogP contribution >= 0.6 is 15.9 Å². The van der Waals surface area contributed by atoms with E-state index in [1.807, 2.05) is 24.3 Å². The quantitative estimate of drug-likeness (QED) is 0.405. The van der Waals surface area contributed by atoms with E-state index in [1.54, 1.807) is 25.1 Å². The summed E-state index contributed by atoms with van der Waals surface area (Å²) >= 11 is 3.40. The SMILES string of the molecule is CCOC(=O)c1oc2ccc(Br)cc2c1COC(=O)Cn1nnc2ccccc21. The number of carbonyl (C=O) groups excluding carboxylic acids is 2. The summed E-state index contributed by atoms with van der Waals surface area (Å²) in [7, 11) is 0. The first-order valence-electron chi connectivity index (χ1n) is 8.88. The number of hydrogen-bond acceptors (Lipinski definition) is 7. The van der Waals surface area contributed by atoms with Gasteiger partial charge in [0.2, 0.25) is 5.76 Å². The molecule has 0 aliphatic carbocycles. The largest absolute Gasteiger partial charge is 0.460 e. The van der Waals surface area contributed by atoms with E-state index in [4.69, 9.17) is 13.9 Å². The second-order valence-corrected chi connectivity index (χ2v) is 7.08. The highest BCUT2D eigenvalue weighted by Crippen LogP contribution is 2.30. The fourth-order valence-corrected chi connectivity index (χ4v) is 3.34. The van der Waals surface area contributed by atoms with Crippen molar-refractivity contribution >= 4 is 49.9 Å². The van der Waals surface area contributed by atoms with Gasteiger partial charge in [-0.15, -0.1) is 5.10 Å². The highest BCUT2D eigenvalue weighted by molar-refractivity contribution is 9.10. The Morgan fingerprint density at radius 1 is 1.17 bits per heavy atom. The lowest BCUT2D eigenvalue weighted by Gasteiger charge is -2.06. The lowest BCUT2D eigenvalue weighted by atomic mass is 10.1. The molecule has 0 aliphatic rings. The number of rotatable bonds is 6. The number of benzene rings is 2. The summed E-state index contributed by atoms with van der Waals surface area (Å²) in [5.74, 6) is -1.09. The van der Waals surface area contributed by atoms with Crippen LogP contribution in [0.15, 0.2) is 51.4 Å². The van der Waals surface area contributed by atoms with Gasteiger partial charge in [-0.05, 0) is 37.3 Å². The number of carbonyl (C=O) groups is 2. The smallest absolute Gasteiger partial charge is 0.374 e. The molecule has 2 aromatic heterocycles. The molecule has 0 fully saturated rings. The van der Waals surface area contributed by atoms with Gasteiger partial charge in [-0.25, -0.2) is 9.48 Å². The predicted octanol–water partition coefficient (Wildman–Crippen LogP) is 3.86. The summed E-state index contributed by atoms with van der Waals surface area (Å²) < 4.78 is 18.4. The Balaban J connectivity index is 1.56. The molecule has 9 heteroatoms. The van der Waals surface area contributed by atoms with Crippen LogP contribution in [0.5, 0.6) is 0 Å². The standard InChI is InChI=1S/C20H16BrN3O5/c1-2-27-20(26)19-14(13-9-12(21)7-8-17(13)29-19)11-28-18(25)10-24-16-6-4-3-5-15(16)22-23-24/h3-9H,2,10-11H2,1H3. The Morgan fingerprint density at radius 2 is 2.00 bits per heavy atom. The van der Waals surface area contributed by atoms with Crippen LogP contribution in [0.4, 0.5) is 0 Å².